The minimum absolute atomic E-state index is 0.00451. The highest BCUT2D eigenvalue weighted by Crippen LogP contribution is 2.31. The maximum atomic E-state index is 12.9. The van der Waals surface area contributed by atoms with Crippen LogP contribution in [0.5, 0.6) is 11.5 Å². The van der Waals surface area contributed by atoms with E-state index in [9.17, 15) is 13.2 Å². The van der Waals surface area contributed by atoms with E-state index >= 15 is 0 Å². The molecule has 1 aliphatic heterocycles. The summed E-state index contributed by atoms with van der Waals surface area (Å²) < 4.78 is 43.3. The Morgan fingerprint density at radius 3 is 2.43 bits per heavy atom. The van der Waals surface area contributed by atoms with Crippen LogP contribution >= 0.6 is 0 Å². The van der Waals surface area contributed by atoms with Gasteiger partial charge in [-0.1, -0.05) is 18.6 Å². The van der Waals surface area contributed by atoms with Gasteiger partial charge in [-0.2, -0.15) is 4.31 Å². The van der Waals surface area contributed by atoms with Gasteiger partial charge in [0, 0.05) is 18.2 Å². The molecule has 30 heavy (non-hydrogen) atoms. The fourth-order valence-corrected chi connectivity index (χ4v) is 5.32. The summed E-state index contributed by atoms with van der Waals surface area (Å²) in [6, 6.07) is 11.2. The summed E-state index contributed by atoms with van der Waals surface area (Å²) in [5, 5.41) is 0. The highest BCUT2D eigenvalue weighted by atomic mass is 32.2. The van der Waals surface area contributed by atoms with Gasteiger partial charge in [0.15, 0.2) is 11.5 Å². The zero-order chi connectivity index (χ0) is 21.7. The van der Waals surface area contributed by atoms with Crippen LogP contribution in [-0.4, -0.2) is 45.5 Å². The lowest BCUT2D eigenvalue weighted by molar-refractivity contribution is 0.0469. The quantitative estimate of drug-likeness (QED) is 0.620. The first kappa shape index (κ1) is 22.1. The molecule has 0 bridgehead atoms. The minimum atomic E-state index is -3.57. The number of ether oxygens (including phenoxy) is 3. The predicted molar refractivity (Wildman–Crippen MR) is 112 cm³/mol. The molecule has 1 saturated heterocycles. The van der Waals surface area contributed by atoms with Gasteiger partial charge >= 0.3 is 5.97 Å². The number of hydrogen-bond acceptors (Lipinski definition) is 6. The highest BCUT2D eigenvalue weighted by molar-refractivity contribution is 7.89. The van der Waals surface area contributed by atoms with Crippen molar-refractivity contribution in [2.24, 2.45) is 0 Å². The van der Waals surface area contributed by atoms with E-state index in [2.05, 4.69) is 0 Å². The molecule has 8 heteroatoms. The molecule has 3 rings (SSSR count). The Labute approximate surface area is 177 Å². The Balaban J connectivity index is 1.70. The predicted octanol–water partition coefficient (Wildman–Crippen LogP) is 3.62. The highest BCUT2D eigenvalue weighted by Gasteiger charge is 2.31. The maximum absolute atomic E-state index is 12.9. The van der Waals surface area contributed by atoms with Crippen LogP contribution in [0.15, 0.2) is 47.4 Å². The molecule has 7 nitrogen and oxygen atoms in total. The molecule has 1 fully saturated rings. The molecule has 1 atom stereocenters. The third kappa shape index (κ3) is 4.60. The number of piperidine rings is 1. The van der Waals surface area contributed by atoms with E-state index in [0.29, 0.717) is 23.6 Å². The Hall–Kier alpha value is -2.58. The molecule has 1 heterocycles. The van der Waals surface area contributed by atoms with E-state index in [1.165, 1.54) is 38.5 Å². The van der Waals surface area contributed by atoms with Crippen LogP contribution in [-0.2, 0) is 21.4 Å². The Morgan fingerprint density at radius 2 is 1.80 bits per heavy atom. The first-order valence-electron chi connectivity index (χ1n) is 9.87. The topological polar surface area (TPSA) is 82.1 Å². The third-order valence-corrected chi connectivity index (χ3v) is 7.31. The van der Waals surface area contributed by atoms with Crippen LogP contribution < -0.4 is 9.47 Å². The normalized spacial score (nSPS) is 17.4. The molecule has 0 aliphatic carbocycles. The lowest BCUT2D eigenvalue weighted by Crippen LogP contribution is -2.41. The van der Waals surface area contributed by atoms with Gasteiger partial charge in [0.05, 0.1) is 24.7 Å². The average molecular weight is 434 g/mol. The van der Waals surface area contributed by atoms with Crippen molar-refractivity contribution < 1.29 is 27.4 Å². The number of rotatable bonds is 7. The summed E-state index contributed by atoms with van der Waals surface area (Å²) in [4.78, 5) is 12.6. The van der Waals surface area contributed by atoms with Crippen LogP contribution in [0.1, 0.15) is 42.1 Å². The summed E-state index contributed by atoms with van der Waals surface area (Å²) in [6.45, 7) is 2.45. The lowest BCUT2D eigenvalue weighted by atomic mass is 10.1. The van der Waals surface area contributed by atoms with Gasteiger partial charge in [0.2, 0.25) is 10.0 Å². The van der Waals surface area contributed by atoms with Crippen molar-refractivity contribution >= 4 is 16.0 Å². The number of methoxy groups -OCH3 is 2. The Kier molecular flexibility index (Phi) is 6.99. The van der Waals surface area contributed by atoms with Crippen molar-refractivity contribution in [3.63, 3.8) is 0 Å². The molecule has 162 valence electrons. The van der Waals surface area contributed by atoms with Crippen molar-refractivity contribution in [3.8, 4) is 11.5 Å². The van der Waals surface area contributed by atoms with Crippen LogP contribution in [0, 0.1) is 0 Å². The molecule has 0 saturated carbocycles. The maximum Gasteiger partial charge on any atom is 0.338 e. The summed E-state index contributed by atoms with van der Waals surface area (Å²) in [7, 11) is -0.520. The molecule has 0 N–H and O–H groups in total. The van der Waals surface area contributed by atoms with Crippen LogP contribution in [0.4, 0.5) is 0 Å². The number of sulfonamides is 1. The second-order valence-corrected chi connectivity index (χ2v) is 9.10. The second kappa shape index (κ2) is 9.49. The molecule has 2 aromatic rings. The number of para-hydroxylation sites is 1. The Morgan fingerprint density at radius 1 is 1.07 bits per heavy atom. The standard InChI is InChI=1S/C22H27NO6S/c1-16-7-4-5-14-23(16)30(25,26)19-12-10-17(11-13-19)22(24)29-15-18-8-6-9-20(27-2)21(18)28-3/h6,8-13,16H,4-5,7,14-15H2,1-3H3. The number of carbonyl (C=O) groups excluding carboxylic acids is 1. The molecule has 0 amide bonds. The first-order valence-corrected chi connectivity index (χ1v) is 11.3. The van der Waals surface area contributed by atoms with Gasteiger partial charge < -0.3 is 14.2 Å². The van der Waals surface area contributed by atoms with E-state index in [1.807, 2.05) is 6.92 Å². The van der Waals surface area contributed by atoms with Gasteiger partial charge in [0.1, 0.15) is 6.61 Å². The number of carbonyl (C=O) groups is 1. The summed E-state index contributed by atoms with van der Waals surface area (Å²) >= 11 is 0. The molecule has 2 aromatic carbocycles. The van der Waals surface area contributed by atoms with Gasteiger partial charge in [0.25, 0.3) is 0 Å². The van der Waals surface area contributed by atoms with Crippen LogP contribution in [0.2, 0.25) is 0 Å². The second-order valence-electron chi connectivity index (χ2n) is 7.21. The largest absolute Gasteiger partial charge is 0.493 e. The van der Waals surface area contributed by atoms with Crippen molar-refractivity contribution in [3.05, 3.63) is 53.6 Å². The number of benzene rings is 2. The average Bonchev–Trinajstić information content (AvgIpc) is 2.77. The first-order chi connectivity index (χ1) is 14.4. The summed E-state index contributed by atoms with van der Waals surface area (Å²) in [6.07, 6.45) is 2.76. The van der Waals surface area contributed by atoms with E-state index < -0.39 is 16.0 Å². The van der Waals surface area contributed by atoms with Gasteiger partial charge in [-0.05, 0) is 50.1 Å². The van der Waals surface area contributed by atoms with Crippen molar-refractivity contribution in [2.45, 2.75) is 43.7 Å². The molecule has 0 aromatic heterocycles. The van der Waals surface area contributed by atoms with Gasteiger partial charge in [-0.25, -0.2) is 13.2 Å². The fourth-order valence-electron chi connectivity index (χ4n) is 3.62. The van der Waals surface area contributed by atoms with E-state index in [-0.39, 0.29) is 23.1 Å². The molecular formula is C22H27NO6S. The lowest BCUT2D eigenvalue weighted by Gasteiger charge is -2.32. The van der Waals surface area contributed by atoms with E-state index in [4.69, 9.17) is 14.2 Å². The van der Waals surface area contributed by atoms with Gasteiger partial charge in [-0.3, -0.25) is 0 Å². The smallest absolute Gasteiger partial charge is 0.338 e. The number of nitrogens with zero attached hydrogens (tertiary/aromatic N) is 1. The van der Waals surface area contributed by atoms with E-state index in [0.717, 1.165) is 19.3 Å². The fraction of sp³-hybridized carbons (Fsp3) is 0.409. The van der Waals surface area contributed by atoms with Crippen LogP contribution in [0.25, 0.3) is 0 Å². The van der Waals surface area contributed by atoms with Crippen molar-refractivity contribution in [1.29, 1.82) is 0 Å². The van der Waals surface area contributed by atoms with Crippen molar-refractivity contribution in [1.82, 2.24) is 4.31 Å². The Bertz CT molecular complexity index is 987. The molecule has 1 unspecified atom stereocenters. The van der Waals surface area contributed by atoms with E-state index in [1.54, 1.807) is 22.5 Å². The molecule has 0 spiro atoms. The van der Waals surface area contributed by atoms with Crippen molar-refractivity contribution in [2.75, 3.05) is 20.8 Å². The summed E-state index contributed by atoms with van der Waals surface area (Å²) in [5.74, 6) is 0.507. The summed E-state index contributed by atoms with van der Waals surface area (Å²) in [5.41, 5.74) is 0.950. The number of esters is 1. The number of hydrogen-bond donors (Lipinski definition) is 0. The zero-order valence-electron chi connectivity index (χ0n) is 17.5. The zero-order valence-corrected chi connectivity index (χ0v) is 18.3. The molecule has 1 aliphatic rings. The van der Waals surface area contributed by atoms with Crippen LogP contribution in [0.3, 0.4) is 0 Å². The molecular weight excluding hydrogens is 406 g/mol. The SMILES string of the molecule is COc1cccc(COC(=O)c2ccc(S(=O)(=O)N3CCCCC3C)cc2)c1OC. The molecule has 0 radical (unpaired) electrons. The monoisotopic (exact) mass is 433 g/mol. The minimum Gasteiger partial charge on any atom is -0.493 e. The third-order valence-electron chi connectivity index (χ3n) is 5.28. The van der Waals surface area contributed by atoms with Gasteiger partial charge in [-0.15, -0.1) is 0 Å².